The van der Waals surface area contributed by atoms with Crippen LogP contribution in [0.15, 0.2) is 24.3 Å². The SMILES string of the molecule is CCc1nnc(NC(=O)c2ccccc2OCCOC)s1. The van der Waals surface area contributed by atoms with E-state index in [2.05, 4.69) is 15.5 Å². The predicted octanol–water partition coefficient (Wildman–Crippen LogP) is 2.38. The molecule has 1 amide bonds. The molecule has 0 aliphatic rings. The smallest absolute Gasteiger partial charge is 0.261 e. The molecule has 0 atom stereocenters. The number of nitrogens with one attached hydrogen (secondary N) is 1. The lowest BCUT2D eigenvalue weighted by atomic mass is 10.2. The van der Waals surface area contributed by atoms with Crippen molar-refractivity contribution in [1.29, 1.82) is 0 Å². The molecule has 1 heterocycles. The molecule has 0 aliphatic carbocycles. The van der Waals surface area contributed by atoms with Crippen molar-refractivity contribution in [3.8, 4) is 5.75 Å². The number of aromatic nitrogens is 2. The molecule has 0 spiro atoms. The van der Waals surface area contributed by atoms with Gasteiger partial charge in [-0.25, -0.2) is 0 Å². The molecule has 21 heavy (non-hydrogen) atoms. The number of hydrogen-bond acceptors (Lipinski definition) is 6. The van der Waals surface area contributed by atoms with Crippen LogP contribution in [0.5, 0.6) is 5.75 Å². The highest BCUT2D eigenvalue weighted by Crippen LogP contribution is 2.21. The van der Waals surface area contributed by atoms with E-state index in [9.17, 15) is 4.79 Å². The van der Waals surface area contributed by atoms with E-state index in [-0.39, 0.29) is 5.91 Å². The molecular weight excluding hydrogens is 290 g/mol. The molecule has 1 aromatic heterocycles. The van der Waals surface area contributed by atoms with Crippen molar-refractivity contribution in [2.24, 2.45) is 0 Å². The lowest BCUT2D eigenvalue weighted by Gasteiger charge is -2.10. The minimum atomic E-state index is -0.262. The first-order chi connectivity index (χ1) is 10.2. The maximum atomic E-state index is 12.3. The van der Waals surface area contributed by atoms with E-state index in [0.717, 1.165) is 11.4 Å². The average molecular weight is 307 g/mol. The minimum absolute atomic E-state index is 0.262. The van der Waals surface area contributed by atoms with Crippen LogP contribution in [0.2, 0.25) is 0 Å². The second kappa shape index (κ2) is 7.70. The lowest BCUT2D eigenvalue weighted by Crippen LogP contribution is -2.14. The monoisotopic (exact) mass is 307 g/mol. The van der Waals surface area contributed by atoms with Gasteiger partial charge in [-0.1, -0.05) is 30.4 Å². The van der Waals surface area contributed by atoms with Crippen molar-refractivity contribution < 1.29 is 14.3 Å². The molecule has 0 saturated carbocycles. The Labute approximate surface area is 127 Å². The van der Waals surface area contributed by atoms with Crippen LogP contribution in [0.25, 0.3) is 0 Å². The summed E-state index contributed by atoms with van der Waals surface area (Å²) in [5, 5.41) is 12.0. The number of amides is 1. The number of nitrogens with zero attached hydrogens (tertiary/aromatic N) is 2. The van der Waals surface area contributed by atoms with E-state index in [4.69, 9.17) is 9.47 Å². The molecule has 0 aliphatic heterocycles. The normalized spacial score (nSPS) is 10.4. The molecule has 2 aromatic rings. The minimum Gasteiger partial charge on any atom is -0.490 e. The number of aryl methyl sites for hydroxylation is 1. The van der Waals surface area contributed by atoms with Gasteiger partial charge in [0.2, 0.25) is 5.13 Å². The van der Waals surface area contributed by atoms with Crippen molar-refractivity contribution in [1.82, 2.24) is 10.2 Å². The Balaban J connectivity index is 2.07. The summed E-state index contributed by atoms with van der Waals surface area (Å²) in [6, 6.07) is 7.07. The van der Waals surface area contributed by atoms with E-state index < -0.39 is 0 Å². The highest BCUT2D eigenvalue weighted by molar-refractivity contribution is 7.15. The number of hydrogen-bond donors (Lipinski definition) is 1. The Kier molecular flexibility index (Phi) is 5.65. The molecule has 0 unspecified atom stereocenters. The Morgan fingerprint density at radius 1 is 1.29 bits per heavy atom. The Hall–Kier alpha value is -1.99. The van der Waals surface area contributed by atoms with E-state index in [1.165, 1.54) is 11.3 Å². The number of carbonyl (C=O) groups excluding carboxylic acids is 1. The molecule has 7 heteroatoms. The molecule has 2 rings (SSSR count). The largest absolute Gasteiger partial charge is 0.490 e. The van der Waals surface area contributed by atoms with Gasteiger partial charge in [-0.15, -0.1) is 10.2 Å². The van der Waals surface area contributed by atoms with E-state index in [0.29, 0.717) is 29.7 Å². The van der Waals surface area contributed by atoms with Gasteiger partial charge in [-0.3, -0.25) is 10.1 Å². The fourth-order valence-corrected chi connectivity index (χ4v) is 2.30. The maximum absolute atomic E-state index is 12.3. The first-order valence-electron chi connectivity index (χ1n) is 6.59. The number of methoxy groups -OCH3 is 1. The second-order valence-electron chi connectivity index (χ2n) is 4.15. The van der Waals surface area contributed by atoms with Crippen LogP contribution in [0, 0.1) is 0 Å². The van der Waals surface area contributed by atoms with Crippen LogP contribution in [0.3, 0.4) is 0 Å². The van der Waals surface area contributed by atoms with Gasteiger partial charge in [0, 0.05) is 7.11 Å². The molecule has 1 N–H and O–H groups in total. The highest BCUT2D eigenvalue weighted by Gasteiger charge is 2.14. The van der Waals surface area contributed by atoms with Crippen LogP contribution in [-0.2, 0) is 11.2 Å². The molecule has 112 valence electrons. The molecule has 0 radical (unpaired) electrons. The third-order valence-corrected chi connectivity index (χ3v) is 3.65. The number of para-hydroxylation sites is 1. The zero-order valence-corrected chi connectivity index (χ0v) is 12.8. The Morgan fingerprint density at radius 3 is 2.81 bits per heavy atom. The van der Waals surface area contributed by atoms with Crippen molar-refractivity contribution in [2.45, 2.75) is 13.3 Å². The molecule has 1 aromatic carbocycles. The summed E-state index contributed by atoms with van der Waals surface area (Å²) in [7, 11) is 1.60. The van der Waals surface area contributed by atoms with Crippen molar-refractivity contribution in [2.75, 3.05) is 25.6 Å². The van der Waals surface area contributed by atoms with Crippen molar-refractivity contribution in [3.05, 3.63) is 34.8 Å². The first kappa shape index (κ1) is 15.4. The first-order valence-corrected chi connectivity index (χ1v) is 7.40. The zero-order chi connectivity index (χ0) is 15.1. The molecule has 0 saturated heterocycles. The molecule has 6 nitrogen and oxygen atoms in total. The number of ether oxygens (including phenoxy) is 2. The highest BCUT2D eigenvalue weighted by atomic mass is 32.1. The summed E-state index contributed by atoms with van der Waals surface area (Å²) in [6.07, 6.45) is 0.796. The summed E-state index contributed by atoms with van der Waals surface area (Å²) in [6.45, 7) is 2.84. The summed E-state index contributed by atoms with van der Waals surface area (Å²) in [5.74, 6) is 0.258. The van der Waals surface area contributed by atoms with Gasteiger partial charge < -0.3 is 9.47 Å². The van der Waals surface area contributed by atoms with Crippen molar-refractivity contribution in [3.63, 3.8) is 0 Å². The Bertz CT molecular complexity index is 601. The maximum Gasteiger partial charge on any atom is 0.261 e. The van der Waals surface area contributed by atoms with E-state index in [1.54, 1.807) is 25.3 Å². The Morgan fingerprint density at radius 2 is 2.10 bits per heavy atom. The van der Waals surface area contributed by atoms with Gasteiger partial charge in [0.25, 0.3) is 5.91 Å². The van der Waals surface area contributed by atoms with Gasteiger partial charge in [-0.05, 0) is 18.6 Å². The average Bonchev–Trinajstić information content (AvgIpc) is 2.95. The summed E-state index contributed by atoms with van der Waals surface area (Å²) >= 11 is 1.37. The van der Waals surface area contributed by atoms with Crippen LogP contribution in [-0.4, -0.2) is 36.4 Å². The number of anilines is 1. The third-order valence-electron chi connectivity index (χ3n) is 2.67. The van der Waals surface area contributed by atoms with Gasteiger partial charge in [0.1, 0.15) is 17.4 Å². The topological polar surface area (TPSA) is 73.3 Å². The zero-order valence-electron chi connectivity index (χ0n) is 12.0. The van der Waals surface area contributed by atoms with Gasteiger partial charge in [-0.2, -0.15) is 0 Å². The van der Waals surface area contributed by atoms with Gasteiger partial charge in [0.05, 0.1) is 12.2 Å². The predicted molar refractivity (Wildman–Crippen MR) is 81.1 cm³/mol. The van der Waals surface area contributed by atoms with Crippen molar-refractivity contribution >= 4 is 22.4 Å². The summed E-state index contributed by atoms with van der Waals surface area (Å²) in [5.41, 5.74) is 0.460. The van der Waals surface area contributed by atoms with Crippen LogP contribution < -0.4 is 10.1 Å². The standard InChI is InChI=1S/C14H17N3O3S/c1-3-12-16-17-14(21-12)15-13(18)10-6-4-5-7-11(10)20-9-8-19-2/h4-7H,3,8-9H2,1-2H3,(H,15,17,18). The third kappa shape index (κ3) is 4.24. The summed E-state index contributed by atoms with van der Waals surface area (Å²) < 4.78 is 10.5. The molecule has 0 bridgehead atoms. The van der Waals surface area contributed by atoms with Crippen LogP contribution in [0.4, 0.5) is 5.13 Å². The quantitative estimate of drug-likeness (QED) is 0.795. The van der Waals surface area contributed by atoms with Crippen LogP contribution in [0.1, 0.15) is 22.3 Å². The molecule has 0 fully saturated rings. The van der Waals surface area contributed by atoms with Gasteiger partial charge in [0.15, 0.2) is 0 Å². The molecular formula is C14H17N3O3S. The summed E-state index contributed by atoms with van der Waals surface area (Å²) in [4.78, 5) is 12.3. The van der Waals surface area contributed by atoms with Crippen LogP contribution >= 0.6 is 11.3 Å². The van der Waals surface area contributed by atoms with Gasteiger partial charge >= 0.3 is 0 Å². The number of benzene rings is 1. The van der Waals surface area contributed by atoms with E-state index in [1.807, 2.05) is 13.0 Å². The number of rotatable bonds is 7. The lowest BCUT2D eigenvalue weighted by molar-refractivity contribution is 0.101. The fourth-order valence-electron chi connectivity index (χ4n) is 1.63. The fraction of sp³-hybridized carbons (Fsp3) is 0.357. The number of carbonyl (C=O) groups is 1. The second-order valence-corrected chi connectivity index (χ2v) is 5.21. The van der Waals surface area contributed by atoms with E-state index >= 15 is 0 Å².